The van der Waals surface area contributed by atoms with Gasteiger partial charge in [0.2, 0.25) is 0 Å². The van der Waals surface area contributed by atoms with Gasteiger partial charge < -0.3 is 4.79 Å². The molecule has 0 N–H and O–H groups in total. The lowest BCUT2D eigenvalue weighted by Crippen LogP contribution is -2.68. The monoisotopic (exact) mass is 477 g/mol. The molecule has 5 aliphatic rings. The summed E-state index contributed by atoms with van der Waals surface area (Å²) in [6, 6.07) is 2.20. The Labute approximate surface area is 211 Å². The van der Waals surface area contributed by atoms with E-state index in [0.29, 0.717) is 12.2 Å². The Morgan fingerprint density at radius 2 is 1.57 bits per heavy atom. The van der Waals surface area contributed by atoms with Crippen molar-refractivity contribution in [3.63, 3.8) is 0 Å². The van der Waals surface area contributed by atoms with Crippen molar-refractivity contribution >= 4 is 17.9 Å². The summed E-state index contributed by atoms with van der Waals surface area (Å²) in [5, 5.41) is 9.84. The standard InChI is InChI=1S/C31H43NO3/c1-26(2)10-12-31(18-33)13-11-30(7)24(20(31)16-26)21(34)14-23-28(5)15-19(17-32)25(35)27(3,4)22(28)8-9-29(23,30)6/h15,18,20,22-24H,8-14,16H2,1-7H3/t20-,22-,23+,24-,28-,29+,30+,31+/m0/s1. The van der Waals surface area contributed by atoms with E-state index < -0.39 is 5.41 Å². The number of fused-ring (bicyclic) bond motifs is 7. The predicted molar refractivity (Wildman–Crippen MR) is 135 cm³/mol. The summed E-state index contributed by atoms with van der Waals surface area (Å²) >= 11 is 0. The zero-order valence-corrected chi connectivity index (χ0v) is 22.8. The SMILES string of the molecule is CC1(C)CC[C@]2(C=O)CC[C@]3(C)[C@H](C(=O)C[C@@H]4[C@@]5(C)C=C(C#N)C(=O)C(C)(C)[C@@H]5CC[C@]43C)[C@@H]2C1. The van der Waals surface area contributed by atoms with Crippen LogP contribution in [0.2, 0.25) is 0 Å². The number of carbonyl (C=O) groups is 3. The molecular weight excluding hydrogens is 434 g/mol. The van der Waals surface area contributed by atoms with Crippen LogP contribution >= 0.6 is 0 Å². The van der Waals surface area contributed by atoms with E-state index in [1.807, 2.05) is 19.9 Å². The molecule has 0 spiro atoms. The lowest BCUT2D eigenvalue weighted by Gasteiger charge is -2.71. The summed E-state index contributed by atoms with van der Waals surface area (Å²) in [7, 11) is 0. The van der Waals surface area contributed by atoms with Crippen LogP contribution < -0.4 is 0 Å². The molecule has 5 rings (SSSR count). The van der Waals surface area contributed by atoms with Crippen molar-refractivity contribution in [2.75, 3.05) is 0 Å². The number of Topliss-reactive ketones (excluding diaryl/α,β-unsaturated/α-hetero) is 2. The second-order valence-corrected chi connectivity index (χ2v) is 15.0. The fourth-order valence-electron chi connectivity index (χ4n) is 10.6. The van der Waals surface area contributed by atoms with E-state index in [4.69, 9.17) is 0 Å². The smallest absolute Gasteiger partial charge is 0.178 e. The van der Waals surface area contributed by atoms with Crippen molar-refractivity contribution in [3.05, 3.63) is 11.6 Å². The fourth-order valence-corrected chi connectivity index (χ4v) is 10.6. The molecule has 0 amide bonds. The molecule has 0 bridgehead atoms. The molecule has 0 saturated heterocycles. The Morgan fingerprint density at radius 3 is 2.20 bits per heavy atom. The number of ketones is 2. The number of hydrogen-bond donors (Lipinski definition) is 0. The van der Waals surface area contributed by atoms with Crippen LogP contribution in [0.25, 0.3) is 0 Å². The highest BCUT2D eigenvalue weighted by Crippen LogP contribution is 2.75. The van der Waals surface area contributed by atoms with Crippen LogP contribution in [0.5, 0.6) is 0 Å². The van der Waals surface area contributed by atoms with E-state index in [1.165, 1.54) is 6.29 Å². The van der Waals surface area contributed by atoms with Gasteiger partial charge in [-0.05, 0) is 84.4 Å². The normalized spacial score (nSPS) is 49.9. The molecule has 0 unspecified atom stereocenters. The molecule has 0 radical (unpaired) electrons. The van der Waals surface area contributed by atoms with Crippen LogP contribution in [0, 0.1) is 67.5 Å². The van der Waals surface area contributed by atoms with Gasteiger partial charge in [-0.2, -0.15) is 5.26 Å². The number of hydrogen-bond acceptors (Lipinski definition) is 4. The number of nitrogens with zero attached hydrogens (tertiary/aromatic N) is 1. The Balaban J connectivity index is 1.64. The highest BCUT2D eigenvalue weighted by atomic mass is 16.1. The van der Waals surface area contributed by atoms with Gasteiger partial charge in [0.25, 0.3) is 0 Å². The minimum atomic E-state index is -0.608. The van der Waals surface area contributed by atoms with Gasteiger partial charge in [0.15, 0.2) is 5.78 Å². The van der Waals surface area contributed by atoms with Crippen molar-refractivity contribution in [2.45, 2.75) is 99.8 Å². The van der Waals surface area contributed by atoms with Crippen LogP contribution in [0.3, 0.4) is 0 Å². The van der Waals surface area contributed by atoms with Gasteiger partial charge in [-0.15, -0.1) is 0 Å². The molecule has 4 fully saturated rings. The molecule has 8 atom stereocenters. The van der Waals surface area contributed by atoms with E-state index >= 15 is 0 Å². The molecule has 0 aromatic rings. The van der Waals surface area contributed by atoms with Crippen LogP contribution in [0.15, 0.2) is 11.6 Å². The van der Waals surface area contributed by atoms with Gasteiger partial charge in [0, 0.05) is 23.2 Å². The van der Waals surface area contributed by atoms with E-state index in [1.54, 1.807) is 0 Å². The summed E-state index contributed by atoms with van der Waals surface area (Å²) in [4.78, 5) is 40.1. The van der Waals surface area contributed by atoms with Gasteiger partial charge in [-0.1, -0.05) is 54.5 Å². The summed E-state index contributed by atoms with van der Waals surface area (Å²) in [5.74, 6) is 0.533. The first kappa shape index (κ1) is 24.9. The maximum Gasteiger partial charge on any atom is 0.178 e. The third-order valence-corrected chi connectivity index (χ3v) is 12.8. The van der Waals surface area contributed by atoms with E-state index in [2.05, 4.69) is 40.7 Å². The van der Waals surface area contributed by atoms with Crippen LogP contribution in [-0.2, 0) is 14.4 Å². The van der Waals surface area contributed by atoms with Crippen LogP contribution in [0.1, 0.15) is 99.8 Å². The average molecular weight is 478 g/mol. The first-order chi connectivity index (χ1) is 16.1. The van der Waals surface area contributed by atoms with Gasteiger partial charge in [0.05, 0.1) is 5.57 Å². The lowest BCUT2D eigenvalue weighted by atomic mass is 9.31. The van der Waals surface area contributed by atoms with Crippen molar-refractivity contribution in [2.24, 2.45) is 56.2 Å². The zero-order valence-electron chi connectivity index (χ0n) is 22.8. The van der Waals surface area contributed by atoms with Crippen LogP contribution in [-0.4, -0.2) is 17.9 Å². The molecule has 0 aromatic heterocycles. The predicted octanol–water partition coefficient (Wildman–Crippen LogP) is 6.48. The Bertz CT molecular complexity index is 1080. The third-order valence-electron chi connectivity index (χ3n) is 12.8. The highest BCUT2D eigenvalue weighted by molar-refractivity contribution is 6.04. The van der Waals surface area contributed by atoms with Gasteiger partial charge in [-0.3, -0.25) is 9.59 Å². The molecule has 4 heteroatoms. The number of carbonyl (C=O) groups excluding carboxylic acids is 3. The number of aldehydes is 1. The van der Waals surface area contributed by atoms with Crippen molar-refractivity contribution in [1.29, 1.82) is 5.26 Å². The lowest BCUT2D eigenvalue weighted by molar-refractivity contribution is -0.219. The fraction of sp³-hybridized carbons (Fsp3) is 0.806. The second kappa shape index (κ2) is 7.17. The molecule has 0 heterocycles. The quantitative estimate of drug-likeness (QED) is 0.405. The topological polar surface area (TPSA) is 75.0 Å². The Hall–Kier alpha value is -1.76. The number of nitriles is 1. The molecule has 5 aliphatic carbocycles. The largest absolute Gasteiger partial charge is 0.303 e. The number of allylic oxidation sites excluding steroid dienone is 2. The molecule has 0 aromatic carbocycles. The minimum absolute atomic E-state index is 0.0461. The first-order valence-electron chi connectivity index (χ1n) is 13.8. The van der Waals surface area contributed by atoms with E-state index in [0.717, 1.165) is 44.9 Å². The molecule has 0 aliphatic heterocycles. The molecule has 4 saturated carbocycles. The Kier molecular flexibility index (Phi) is 5.10. The van der Waals surface area contributed by atoms with Gasteiger partial charge in [-0.25, -0.2) is 0 Å². The first-order valence-corrected chi connectivity index (χ1v) is 13.8. The van der Waals surface area contributed by atoms with Crippen molar-refractivity contribution < 1.29 is 14.4 Å². The van der Waals surface area contributed by atoms with Crippen molar-refractivity contribution in [3.8, 4) is 6.07 Å². The maximum atomic E-state index is 14.3. The maximum absolute atomic E-state index is 14.3. The summed E-state index contributed by atoms with van der Waals surface area (Å²) in [6.45, 7) is 15.6. The second-order valence-electron chi connectivity index (χ2n) is 15.0. The van der Waals surface area contributed by atoms with E-state index in [-0.39, 0.29) is 62.1 Å². The minimum Gasteiger partial charge on any atom is -0.303 e. The molecule has 4 nitrogen and oxygen atoms in total. The van der Waals surface area contributed by atoms with Crippen molar-refractivity contribution in [1.82, 2.24) is 0 Å². The summed E-state index contributed by atoms with van der Waals surface area (Å²) < 4.78 is 0. The molecule has 190 valence electrons. The average Bonchev–Trinajstić information content (AvgIpc) is 2.77. The van der Waals surface area contributed by atoms with Gasteiger partial charge in [0.1, 0.15) is 18.1 Å². The summed E-state index contributed by atoms with van der Waals surface area (Å²) in [6.07, 6.45) is 10.3. The zero-order chi connectivity index (χ0) is 25.8. The third kappa shape index (κ3) is 2.93. The number of rotatable bonds is 1. The Morgan fingerprint density at radius 1 is 0.914 bits per heavy atom. The van der Waals surface area contributed by atoms with E-state index in [9.17, 15) is 19.6 Å². The van der Waals surface area contributed by atoms with Gasteiger partial charge >= 0.3 is 0 Å². The van der Waals surface area contributed by atoms with Crippen LogP contribution in [0.4, 0.5) is 0 Å². The summed E-state index contributed by atoms with van der Waals surface area (Å²) in [5.41, 5.74) is -1.18. The molecular formula is C31H43NO3. The highest BCUT2D eigenvalue weighted by Gasteiger charge is 2.72. The molecule has 35 heavy (non-hydrogen) atoms.